The molecule has 186 valence electrons. The third-order valence-corrected chi connectivity index (χ3v) is 7.38. The minimum atomic E-state index is -3.49. The van der Waals surface area contributed by atoms with Crippen LogP contribution < -0.4 is 9.62 Å². The van der Waals surface area contributed by atoms with Crippen molar-refractivity contribution in [2.75, 3.05) is 10.6 Å². The van der Waals surface area contributed by atoms with Crippen molar-refractivity contribution in [3.8, 4) is 5.69 Å². The van der Waals surface area contributed by atoms with Crippen molar-refractivity contribution in [1.82, 2.24) is 14.9 Å². The first-order chi connectivity index (χ1) is 17.1. The molecule has 1 heterocycles. The molecule has 0 saturated carbocycles. The molecule has 0 saturated heterocycles. The minimum Gasteiger partial charge on any atom is -0.348 e. The van der Waals surface area contributed by atoms with Crippen LogP contribution in [-0.2, 0) is 23.1 Å². The summed E-state index contributed by atoms with van der Waals surface area (Å²) in [6.45, 7) is 6.43. The van der Waals surface area contributed by atoms with Crippen molar-refractivity contribution in [3.63, 3.8) is 0 Å². The van der Waals surface area contributed by atoms with Gasteiger partial charge in [-0.05, 0) is 73.4 Å². The Hall–Kier alpha value is -3.91. The lowest BCUT2D eigenvalue weighted by molar-refractivity contribution is 0.0951. The number of carbonyl (C=O) groups excluding carboxylic acids is 1. The van der Waals surface area contributed by atoms with Crippen molar-refractivity contribution >= 4 is 21.6 Å². The fraction of sp³-hybridized carbons (Fsp3) is 0.214. The molecule has 4 aromatic rings. The number of hydrogen-bond acceptors (Lipinski definition) is 4. The minimum absolute atomic E-state index is 0.181. The highest BCUT2D eigenvalue weighted by atomic mass is 32.2. The number of aryl methyl sites for hydroxylation is 3. The average molecular weight is 503 g/mol. The number of anilines is 1. The second-order valence-electron chi connectivity index (χ2n) is 8.89. The number of carbonyl (C=O) groups is 1. The summed E-state index contributed by atoms with van der Waals surface area (Å²) in [6, 6.07) is 20.5. The highest BCUT2D eigenvalue weighted by Crippen LogP contribution is 2.24. The summed E-state index contributed by atoms with van der Waals surface area (Å²) in [4.78, 5) is 17.1. The third-order valence-electron chi connectivity index (χ3n) is 6.24. The normalized spacial score (nSPS) is 11.3. The van der Waals surface area contributed by atoms with Gasteiger partial charge in [0.15, 0.2) is 0 Å². The van der Waals surface area contributed by atoms with Gasteiger partial charge >= 0.3 is 0 Å². The number of para-hydroxylation sites is 1. The molecule has 0 spiro atoms. The van der Waals surface area contributed by atoms with Crippen LogP contribution in [0.1, 0.15) is 38.4 Å². The topological polar surface area (TPSA) is 84.3 Å². The van der Waals surface area contributed by atoms with E-state index >= 15 is 0 Å². The van der Waals surface area contributed by atoms with Gasteiger partial charge in [0.05, 0.1) is 24.2 Å². The molecule has 8 heteroatoms. The Morgan fingerprint density at radius 1 is 0.972 bits per heavy atom. The van der Waals surface area contributed by atoms with E-state index in [0.29, 0.717) is 17.8 Å². The number of benzene rings is 3. The first-order valence-electron chi connectivity index (χ1n) is 11.6. The Morgan fingerprint density at radius 3 is 2.33 bits per heavy atom. The summed E-state index contributed by atoms with van der Waals surface area (Å²) in [5.41, 5.74) is 5.98. The molecule has 0 radical (unpaired) electrons. The van der Waals surface area contributed by atoms with Gasteiger partial charge in [-0.3, -0.25) is 9.10 Å². The SMILES string of the molecule is Cc1ccc(N(Cc2ccc(C(=O)NCc3ccccc3-n3ccnc3C)cc2)S(C)(=O)=O)cc1C. The zero-order valence-electron chi connectivity index (χ0n) is 20.9. The van der Waals surface area contributed by atoms with Crippen molar-refractivity contribution in [1.29, 1.82) is 0 Å². The van der Waals surface area contributed by atoms with E-state index in [1.807, 2.05) is 74.0 Å². The molecule has 0 aliphatic rings. The molecule has 0 fully saturated rings. The van der Waals surface area contributed by atoms with E-state index < -0.39 is 10.0 Å². The van der Waals surface area contributed by atoms with Gasteiger partial charge in [0, 0.05) is 24.5 Å². The van der Waals surface area contributed by atoms with Gasteiger partial charge in [-0.25, -0.2) is 13.4 Å². The maximum atomic E-state index is 12.8. The summed E-state index contributed by atoms with van der Waals surface area (Å²) >= 11 is 0. The highest BCUT2D eigenvalue weighted by Gasteiger charge is 2.19. The van der Waals surface area contributed by atoms with Gasteiger partial charge in [0.1, 0.15) is 5.82 Å². The van der Waals surface area contributed by atoms with Crippen LogP contribution in [0.3, 0.4) is 0 Å². The van der Waals surface area contributed by atoms with Gasteiger partial charge in [-0.15, -0.1) is 0 Å². The van der Waals surface area contributed by atoms with E-state index in [4.69, 9.17) is 0 Å². The Balaban J connectivity index is 1.46. The molecule has 0 atom stereocenters. The zero-order chi connectivity index (χ0) is 25.9. The molecule has 0 aliphatic carbocycles. The smallest absolute Gasteiger partial charge is 0.251 e. The van der Waals surface area contributed by atoms with Crippen molar-refractivity contribution in [2.45, 2.75) is 33.9 Å². The van der Waals surface area contributed by atoms with Crippen molar-refractivity contribution in [2.24, 2.45) is 0 Å². The largest absolute Gasteiger partial charge is 0.348 e. The van der Waals surface area contributed by atoms with E-state index in [1.165, 1.54) is 10.6 Å². The number of aromatic nitrogens is 2. The lowest BCUT2D eigenvalue weighted by atomic mass is 10.1. The molecule has 3 aromatic carbocycles. The molecule has 4 rings (SSSR count). The van der Waals surface area contributed by atoms with Gasteiger partial charge in [0.25, 0.3) is 5.91 Å². The molecule has 1 amide bonds. The number of amides is 1. The Bertz CT molecular complexity index is 1490. The van der Waals surface area contributed by atoms with Crippen LogP contribution in [0, 0.1) is 20.8 Å². The van der Waals surface area contributed by atoms with Gasteiger partial charge in [-0.1, -0.05) is 36.4 Å². The first kappa shape index (κ1) is 25.2. The molecule has 36 heavy (non-hydrogen) atoms. The Kier molecular flexibility index (Phi) is 7.26. The summed E-state index contributed by atoms with van der Waals surface area (Å²) < 4.78 is 28.4. The van der Waals surface area contributed by atoms with E-state index in [1.54, 1.807) is 30.5 Å². The molecule has 1 N–H and O–H groups in total. The van der Waals surface area contributed by atoms with Crippen LogP contribution in [0.2, 0.25) is 0 Å². The molecular formula is C28H30N4O3S. The van der Waals surface area contributed by atoms with E-state index in [9.17, 15) is 13.2 Å². The molecule has 1 aromatic heterocycles. The maximum absolute atomic E-state index is 12.8. The fourth-order valence-electron chi connectivity index (χ4n) is 4.01. The van der Waals surface area contributed by atoms with Crippen LogP contribution in [0.15, 0.2) is 79.1 Å². The van der Waals surface area contributed by atoms with E-state index in [-0.39, 0.29) is 12.5 Å². The number of nitrogens with zero attached hydrogens (tertiary/aromatic N) is 3. The maximum Gasteiger partial charge on any atom is 0.251 e. The second-order valence-corrected chi connectivity index (χ2v) is 10.8. The van der Waals surface area contributed by atoms with Crippen LogP contribution >= 0.6 is 0 Å². The van der Waals surface area contributed by atoms with E-state index in [2.05, 4.69) is 10.3 Å². The number of imidazole rings is 1. The third kappa shape index (κ3) is 5.66. The summed E-state index contributed by atoms with van der Waals surface area (Å²) in [7, 11) is -3.49. The molecular weight excluding hydrogens is 472 g/mol. The number of nitrogens with one attached hydrogen (secondary N) is 1. The van der Waals surface area contributed by atoms with Crippen LogP contribution in [0.4, 0.5) is 5.69 Å². The predicted octanol–water partition coefficient (Wildman–Crippen LogP) is 4.69. The standard InChI is InChI=1S/C28H30N4O3S/c1-20-9-14-26(17-21(20)2)32(36(4,34)35)19-23-10-12-24(13-11-23)28(33)30-18-25-7-5-6-8-27(25)31-16-15-29-22(31)3/h5-17H,18-19H2,1-4H3,(H,30,33). The zero-order valence-corrected chi connectivity index (χ0v) is 21.7. The highest BCUT2D eigenvalue weighted by molar-refractivity contribution is 7.92. The van der Waals surface area contributed by atoms with Crippen LogP contribution in [0.5, 0.6) is 0 Å². The van der Waals surface area contributed by atoms with E-state index in [0.717, 1.165) is 33.8 Å². The van der Waals surface area contributed by atoms with Gasteiger partial charge in [0.2, 0.25) is 10.0 Å². The summed E-state index contributed by atoms with van der Waals surface area (Å²) in [5, 5.41) is 2.98. The average Bonchev–Trinajstić information content (AvgIpc) is 3.28. The van der Waals surface area contributed by atoms with Crippen molar-refractivity contribution < 1.29 is 13.2 Å². The van der Waals surface area contributed by atoms with Gasteiger partial charge < -0.3 is 9.88 Å². The summed E-state index contributed by atoms with van der Waals surface area (Å²) in [6.07, 6.45) is 4.84. The monoisotopic (exact) mass is 502 g/mol. The molecule has 0 unspecified atom stereocenters. The Morgan fingerprint density at radius 2 is 1.69 bits per heavy atom. The quantitative estimate of drug-likeness (QED) is 0.379. The van der Waals surface area contributed by atoms with Crippen LogP contribution in [-0.4, -0.2) is 30.1 Å². The predicted molar refractivity (Wildman–Crippen MR) is 143 cm³/mol. The molecule has 0 aliphatic heterocycles. The molecule has 0 bridgehead atoms. The number of sulfonamides is 1. The lowest BCUT2D eigenvalue weighted by Crippen LogP contribution is -2.29. The second kappa shape index (κ2) is 10.4. The summed E-state index contributed by atoms with van der Waals surface area (Å²) in [5.74, 6) is 0.668. The molecule has 7 nitrogen and oxygen atoms in total. The van der Waals surface area contributed by atoms with Crippen molar-refractivity contribution in [3.05, 3.63) is 113 Å². The number of rotatable bonds is 8. The Labute approximate surface area is 212 Å². The van der Waals surface area contributed by atoms with Gasteiger partial charge in [-0.2, -0.15) is 0 Å². The first-order valence-corrected chi connectivity index (χ1v) is 13.5. The number of hydrogen-bond donors (Lipinski definition) is 1. The fourth-order valence-corrected chi connectivity index (χ4v) is 4.89. The van der Waals surface area contributed by atoms with Crippen LogP contribution in [0.25, 0.3) is 5.69 Å². The lowest BCUT2D eigenvalue weighted by Gasteiger charge is -2.23.